The first-order valence-corrected chi connectivity index (χ1v) is 11.6. The highest BCUT2D eigenvalue weighted by molar-refractivity contribution is 9.10. The van der Waals surface area contributed by atoms with E-state index in [1.54, 1.807) is 18.2 Å². The van der Waals surface area contributed by atoms with Gasteiger partial charge in [-0.3, -0.25) is 4.72 Å². The summed E-state index contributed by atoms with van der Waals surface area (Å²) < 4.78 is 44.5. The first-order valence-electron chi connectivity index (χ1n) is 8.94. The molecule has 2 heterocycles. The number of rotatable bonds is 6. The summed E-state index contributed by atoms with van der Waals surface area (Å²) in [5, 5.41) is 16.4. The smallest absolute Gasteiger partial charge is 0.239 e. The Balaban J connectivity index is 1.86. The van der Waals surface area contributed by atoms with Crippen molar-refractivity contribution in [2.45, 2.75) is 30.6 Å². The lowest BCUT2D eigenvalue weighted by Crippen LogP contribution is -2.34. The minimum atomic E-state index is -3.90. The Bertz CT molecular complexity index is 1150. The van der Waals surface area contributed by atoms with Gasteiger partial charge in [-0.15, -0.1) is 5.10 Å². The van der Waals surface area contributed by atoms with Crippen LogP contribution < -0.4 is 15.4 Å². The summed E-state index contributed by atoms with van der Waals surface area (Å²) in [6, 6.07) is 4.89. The molecule has 0 spiro atoms. The first-order chi connectivity index (χ1) is 13.8. The van der Waals surface area contributed by atoms with Crippen LogP contribution in [0.2, 0.25) is 5.02 Å². The molecule has 1 saturated carbocycles. The molecule has 0 amide bonds. The number of nitrogens with zero attached hydrogens (tertiary/aromatic N) is 3. The van der Waals surface area contributed by atoms with Crippen LogP contribution in [0, 0.1) is 5.82 Å². The van der Waals surface area contributed by atoms with Crippen molar-refractivity contribution >= 4 is 54.9 Å². The normalized spacial score (nSPS) is 17.7. The van der Waals surface area contributed by atoms with Gasteiger partial charge in [-0.25, -0.2) is 22.5 Å². The van der Waals surface area contributed by atoms with E-state index in [4.69, 9.17) is 11.6 Å². The van der Waals surface area contributed by atoms with Gasteiger partial charge in [0.05, 0.1) is 22.0 Å². The summed E-state index contributed by atoms with van der Waals surface area (Å²) in [4.78, 5) is 4.27. The monoisotopic (exact) mass is 505 g/mol. The fraction of sp³-hybridized carbons (Fsp3) is 0.412. The summed E-state index contributed by atoms with van der Waals surface area (Å²) in [7, 11) is -3.90. The van der Waals surface area contributed by atoms with Crippen LogP contribution in [-0.4, -0.2) is 41.2 Å². The molecule has 8 nitrogen and oxygen atoms in total. The van der Waals surface area contributed by atoms with Gasteiger partial charge >= 0.3 is 0 Å². The van der Waals surface area contributed by atoms with Gasteiger partial charge in [0.25, 0.3) is 0 Å². The van der Waals surface area contributed by atoms with Crippen LogP contribution >= 0.6 is 27.5 Å². The van der Waals surface area contributed by atoms with Gasteiger partial charge in [0.2, 0.25) is 10.0 Å². The molecular formula is C17H18BrClFN5O3S. The van der Waals surface area contributed by atoms with E-state index in [1.165, 1.54) is 4.68 Å². The summed E-state index contributed by atoms with van der Waals surface area (Å²) in [6.07, 6.45) is 0.960. The third kappa shape index (κ3) is 3.76. The highest BCUT2D eigenvalue weighted by atomic mass is 79.9. The molecule has 3 N–H and O–H groups in total. The lowest BCUT2D eigenvalue weighted by Gasteiger charge is -2.17. The van der Waals surface area contributed by atoms with Gasteiger partial charge in [-0.05, 0) is 37.5 Å². The van der Waals surface area contributed by atoms with Crippen LogP contribution in [0.5, 0.6) is 0 Å². The summed E-state index contributed by atoms with van der Waals surface area (Å²) in [5.74, 6) is -0.796. The topological polar surface area (TPSA) is 109 Å². The summed E-state index contributed by atoms with van der Waals surface area (Å²) >= 11 is 9.50. The molecule has 0 radical (unpaired) electrons. The standard InChI is InChI=1S/C17H18BrClFN5O3S/c18-10-1-2-12(11(19)9-10)22-14-13(20)16-21-6-7-25(16)23-15(14)24-29(27,28)17(3-4-17)5-8-26/h1-2,9,21,26H,3-8H2,(H,23,24). The second kappa shape index (κ2) is 7.53. The molecule has 1 aromatic heterocycles. The molecule has 0 bridgehead atoms. The Hall–Kier alpha value is -1.69. The Morgan fingerprint density at radius 3 is 2.86 bits per heavy atom. The zero-order valence-corrected chi connectivity index (χ0v) is 18.3. The van der Waals surface area contributed by atoms with E-state index in [0.717, 1.165) is 4.47 Å². The summed E-state index contributed by atoms with van der Waals surface area (Å²) in [6.45, 7) is 0.604. The largest absolute Gasteiger partial charge is 0.396 e. The Morgan fingerprint density at radius 1 is 1.45 bits per heavy atom. The minimum absolute atomic E-state index is 0.107. The predicted octanol–water partition coefficient (Wildman–Crippen LogP) is 2.75. The fourth-order valence-corrected chi connectivity index (χ4v) is 5.58. The Labute approximate surface area is 180 Å². The molecule has 1 fully saturated rings. The van der Waals surface area contributed by atoms with Crippen molar-refractivity contribution in [3.63, 3.8) is 0 Å². The van der Waals surface area contributed by atoms with Gasteiger partial charge in [-0.2, -0.15) is 0 Å². The van der Waals surface area contributed by atoms with E-state index in [0.29, 0.717) is 25.9 Å². The number of aliphatic hydroxyl groups excluding tert-OH is 1. The van der Waals surface area contributed by atoms with E-state index in [1.807, 2.05) is 0 Å². The van der Waals surface area contributed by atoms with Crippen molar-refractivity contribution in [2.24, 2.45) is 4.99 Å². The van der Waals surface area contributed by atoms with Crippen LogP contribution in [-0.2, 0) is 16.6 Å². The van der Waals surface area contributed by atoms with Gasteiger partial charge in [0.15, 0.2) is 17.5 Å². The molecule has 2 aliphatic rings. The third-order valence-corrected chi connectivity index (χ3v) is 8.06. The predicted molar refractivity (Wildman–Crippen MR) is 111 cm³/mol. The molecule has 156 valence electrons. The number of fused-ring (bicyclic) bond motifs is 1. The molecule has 0 saturated heterocycles. The molecule has 0 atom stereocenters. The fourth-order valence-electron chi connectivity index (χ4n) is 3.25. The maximum absolute atomic E-state index is 15.2. The lowest BCUT2D eigenvalue weighted by molar-refractivity contribution is 0.283. The van der Waals surface area contributed by atoms with Crippen molar-refractivity contribution in [1.29, 1.82) is 0 Å². The lowest BCUT2D eigenvalue weighted by atomic mass is 10.3. The van der Waals surface area contributed by atoms with Gasteiger partial charge in [0, 0.05) is 17.6 Å². The van der Waals surface area contributed by atoms with Gasteiger partial charge in [0.1, 0.15) is 5.36 Å². The number of sulfonamides is 1. The zero-order valence-electron chi connectivity index (χ0n) is 15.1. The quantitative estimate of drug-likeness (QED) is 0.558. The summed E-state index contributed by atoms with van der Waals surface area (Å²) in [5.41, 5.74) is 0.274. The maximum atomic E-state index is 15.2. The minimum Gasteiger partial charge on any atom is -0.396 e. The van der Waals surface area contributed by atoms with Crippen LogP contribution in [0.25, 0.3) is 0 Å². The van der Waals surface area contributed by atoms with Crippen LogP contribution in [0.1, 0.15) is 19.3 Å². The van der Waals surface area contributed by atoms with Crippen molar-refractivity contribution in [1.82, 2.24) is 9.78 Å². The van der Waals surface area contributed by atoms with Crippen LogP contribution in [0.15, 0.2) is 27.7 Å². The Morgan fingerprint density at radius 2 is 2.21 bits per heavy atom. The van der Waals surface area contributed by atoms with Crippen molar-refractivity contribution in [3.8, 4) is 0 Å². The molecule has 1 aliphatic carbocycles. The second-order valence-corrected chi connectivity index (χ2v) is 10.4. The molecule has 4 rings (SSSR count). The molecule has 1 aromatic carbocycles. The van der Waals surface area contributed by atoms with Crippen LogP contribution in [0.3, 0.4) is 0 Å². The zero-order chi connectivity index (χ0) is 20.8. The second-order valence-electron chi connectivity index (χ2n) is 6.98. The average molecular weight is 507 g/mol. The third-order valence-electron chi connectivity index (χ3n) is 5.05. The maximum Gasteiger partial charge on any atom is 0.239 e. The molecule has 29 heavy (non-hydrogen) atoms. The highest BCUT2D eigenvalue weighted by Crippen LogP contribution is 2.46. The number of aromatic nitrogens is 2. The number of benzene rings is 1. The molecule has 2 aromatic rings. The molecule has 1 aliphatic heterocycles. The highest BCUT2D eigenvalue weighted by Gasteiger charge is 2.54. The van der Waals surface area contributed by atoms with E-state index in [-0.39, 0.29) is 40.7 Å². The number of hydrogen-bond acceptors (Lipinski definition) is 6. The first kappa shape index (κ1) is 20.6. The van der Waals surface area contributed by atoms with Crippen LogP contribution in [0.4, 0.5) is 21.7 Å². The SMILES string of the molecule is O=S(=O)(Nc1nn2c(c(F)c1=Nc1ccc(Br)cc1Cl)NCC2)C1(CCO)CC1. The number of aliphatic hydroxyl groups is 1. The van der Waals surface area contributed by atoms with Crippen molar-refractivity contribution in [3.05, 3.63) is 38.9 Å². The van der Waals surface area contributed by atoms with E-state index in [9.17, 15) is 13.5 Å². The average Bonchev–Trinajstić information content (AvgIpc) is 3.30. The van der Waals surface area contributed by atoms with Gasteiger partial charge < -0.3 is 10.4 Å². The molecular weight excluding hydrogens is 489 g/mol. The number of nitrogens with one attached hydrogen (secondary N) is 2. The molecule has 0 unspecified atom stereocenters. The number of halogens is 3. The number of anilines is 2. The van der Waals surface area contributed by atoms with Crippen molar-refractivity contribution in [2.75, 3.05) is 23.2 Å². The van der Waals surface area contributed by atoms with E-state index >= 15 is 4.39 Å². The van der Waals surface area contributed by atoms with Crippen molar-refractivity contribution < 1.29 is 17.9 Å². The Kier molecular flexibility index (Phi) is 5.34. The van der Waals surface area contributed by atoms with E-state index < -0.39 is 20.6 Å². The number of hydrogen-bond donors (Lipinski definition) is 3. The van der Waals surface area contributed by atoms with Gasteiger partial charge in [-0.1, -0.05) is 27.5 Å². The molecule has 12 heteroatoms. The van der Waals surface area contributed by atoms with E-state index in [2.05, 4.69) is 36.1 Å².